The molecule has 0 saturated heterocycles. The van der Waals surface area contributed by atoms with Crippen molar-refractivity contribution in [1.29, 1.82) is 0 Å². The van der Waals surface area contributed by atoms with Gasteiger partial charge < -0.3 is 4.74 Å². The van der Waals surface area contributed by atoms with Crippen LogP contribution in [0, 0.1) is 0 Å². The van der Waals surface area contributed by atoms with Gasteiger partial charge in [0.05, 0.1) is 25.2 Å². The van der Waals surface area contributed by atoms with Gasteiger partial charge in [0, 0.05) is 12.6 Å². The normalized spacial score (nSPS) is 12.8. The van der Waals surface area contributed by atoms with Gasteiger partial charge in [-0.2, -0.15) is 5.10 Å². The topological polar surface area (TPSA) is 76.5 Å². The Balaban J connectivity index is 1.81. The van der Waals surface area contributed by atoms with Crippen LogP contribution in [-0.4, -0.2) is 49.8 Å². The number of aromatic nitrogens is 2. The highest BCUT2D eigenvalue weighted by molar-refractivity contribution is 7.89. The van der Waals surface area contributed by atoms with Crippen molar-refractivity contribution in [3.8, 4) is 11.4 Å². The summed E-state index contributed by atoms with van der Waals surface area (Å²) in [6.07, 6.45) is 2.89. The Morgan fingerprint density at radius 1 is 1.10 bits per heavy atom. The molecule has 1 heterocycles. The van der Waals surface area contributed by atoms with Gasteiger partial charge in [0.2, 0.25) is 10.0 Å². The second-order valence-corrected chi connectivity index (χ2v) is 8.59. The lowest BCUT2D eigenvalue weighted by molar-refractivity contribution is 0.219. The highest BCUT2D eigenvalue weighted by Gasteiger charge is 2.23. The molecule has 2 aromatic carbocycles. The fraction of sp³-hybridized carbons (Fsp3) is 0.318. The van der Waals surface area contributed by atoms with Crippen molar-refractivity contribution in [2.24, 2.45) is 0 Å². The lowest BCUT2D eigenvalue weighted by atomic mass is 10.0. The number of ether oxygens (including phenoxy) is 1. The van der Waals surface area contributed by atoms with Gasteiger partial charge in [0.1, 0.15) is 10.6 Å². The standard InChI is InChI=1S/C22H28N4O3S/c1-4-25(5-2)22(18-10-9-13-20(14-18)29-3)16-24-30(27,28)21-15-23-26(17-21)19-11-7-6-8-12-19/h6-15,17,22,24H,4-5,16H2,1-3H3. The van der Waals surface area contributed by atoms with Crippen molar-refractivity contribution in [3.05, 3.63) is 72.6 Å². The molecule has 30 heavy (non-hydrogen) atoms. The number of hydrogen-bond acceptors (Lipinski definition) is 5. The second kappa shape index (κ2) is 9.88. The van der Waals surface area contributed by atoms with Crippen molar-refractivity contribution in [1.82, 2.24) is 19.4 Å². The number of nitrogens with one attached hydrogen (secondary N) is 1. The Hall–Kier alpha value is -2.68. The Labute approximate surface area is 178 Å². The molecule has 8 heteroatoms. The highest BCUT2D eigenvalue weighted by atomic mass is 32.2. The number of sulfonamides is 1. The molecule has 1 atom stereocenters. The molecule has 0 bridgehead atoms. The Kier molecular flexibility index (Phi) is 7.25. The van der Waals surface area contributed by atoms with Crippen LogP contribution in [-0.2, 0) is 10.0 Å². The average molecular weight is 429 g/mol. The van der Waals surface area contributed by atoms with Gasteiger partial charge >= 0.3 is 0 Å². The van der Waals surface area contributed by atoms with Crippen molar-refractivity contribution >= 4 is 10.0 Å². The van der Waals surface area contributed by atoms with E-state index in [1.165, 1.54) is 12.4 Å². The maximum Gasteiger partial charge on any atom is 0.243 e. The first-order valence-corrected chi connectivity index (χ1v) is 11.4. The number of para-hydroxylation sites is 1. The SMILES string of the molecule is CCN(CC)C(CNS(=O)(=O)c1cnn(-c2ccccc2)c1)c1cccc(OC)c1. The molecular formula is C22H28N4O3S. The zero-order chi connectivity index (χ0) is 21.6. The molecule has 7 nitrogen and oxygen atoms in total. The summed E-state index contributed by atoms with van der Waals surface area (Å²) in [4.78, 5) is 2.35. The summed E-state index contributed by atoms with van der Waals surface area (Å²) in [5, 5.41) is 4.20. The molecule has 3 aromatic rings. The Bertz CT molecular complexity index is 1050. The van der Waals surface area contributed by atoms with Crippen molar-refractivity contribution in [2.75, 3.05) is 26.7 Å². The molecule has 0 radical (unpaired) electrons. The third-order valence-electron chi connectivity index (χ3n) is 5.09. The van der Waals surface area contributed by atoms with Crippen LogP contribution in [0.25, 0.3) is 5.69 Å². The summed E-state index contributed by atoms with van der Waals surface area (Å²) in [6, 6.07) is 17.0. The van der Waals surface area contributed by atoms with E-state index in [2.05, 4.69) is 28.6 Å². The molecule has 3 rings (SSSR count). The van der Waals surface area contributed by atoms with E-state index in [0.29, 0.717) is 0 Å². The molecule has 160 valence electrons. The Morgan fingerprint density at radius 3 is 2.50 bits per heavy atom. The van der Waals surface area contributed by atoms with Crippen LogP contribution in [0.2, 0.25) is 0 Å². The van der Waals surface area contributed by atoms with Gasteiger partial charge in [-0.15, -0.1) is 0 Å². The monoisotopic (exact) mass is 428 g/mol. The molecule has 0 saturated carbocycles. The van der Waals surface area contributed by atoms with E-state index in [1.807, 2.05) is 54.6 Å². The number of rotatable bonds is 10. The maximum absolute atomic E-state index is 12.9. The van der Waals surface area contributed by atoms with Crippen LogP contribution in [0.4, 0.5) is 0 Å². The van der Waals surface area contributed by atoms with E-state index in [1.54, 1.807) is 11.8 Å². The zero-order valence-electron chi connectivity index (χ0n) is 17.5. The predicted molar refractivity (Wildman–Crippen MR) is 117 cm³/mol. The summed E-state index contributed by atoms with van der Waals surface area (Å²) < 4.78 is 35.5. The first kappa shape index (κ1) is 22.0. The summed E-state index contributed by atoms with van der Waals surface area (Å²) in [7, 11) is -2.08. The number of nitrogens with zero attached hydrogens (tertiary/aromatic N) is 3. The van der Waals surface area contributed by atoms with Crippen molar-refractivity contribution in [3.63, 3.8) is 0 Å². The van der Waals surface area contributed by atoms with E-state index in [-0.39, 0.29) is 17.5 Å². The number of hydrogen-bond donors (Lipinski definition) is 1. The van der Waals surface area contributed by atoms with Crippen LogP contribution in [0.1, 0.15) is 25.5 Å². The molecule has 0 aliphatic heterocycles. The van der Waals surface area contributed by atoms with Gasteiger partial charge in [0.15, 0.2) is 0 Å². The molecule has 0 aliphatic rings. The van der Waals surface area contributed by atoms with E-state index >= 15 is 0 Å². The van der Waals surface area contributed by atoms with E-state index in [4.69, 9.17) is 4.74 Å². The molecule has 1 aromatic heterocycles. The largest absolute Gasteiger partial charge is 0.497 e. The predicted octanol–water partition coefficient (Wildman–Crippen LogP) is 3.24. The number of benzene rings is 2. The first-order chi connectivity index (χ1) is 14.5. The molecule has 1 unspecified atom stereocenters. The van der Waals surface area contributed by atoms with Crippen LogP contribution in [0.15, 0.2) is 71.9 Å². The zero-order valence-corrected chi connectivity index (χ0v) is 18.3. The van der Waals surface area contributed by atoms with Gasteiger partial charge in [0.25, 0.3) is 0 Å². The quantitative estimate of drug-likeness (QED) is 0.536. The molecular weight excluding hydrogens is 400 g/mol. The van der Waals surface area contributed by atoms with Crippen LogP contribution < -0.4 is 9.46 Å². The van der Waals surface area contributed by atoms with E-state index < -0.39 is 10.0 Å². The van der Waals surface area contributed by atoms with Crippen molar-refractivity contribution < 1.29 is 13.2 Å². The second-order valence-electron chi connectivity index (χ2n) is 6.82. The minimum absolute atomic E-state index is 0.117. The third kappa shape index (κ3) is 5.08. The van der Waals surface area contributed by atoms with Crippen LogP contribution in [0.5, 0.6) is 5.75 Å². The van der Waals surface area contributed by atoms with Gasteiger partial charge in [-0.05, 0) is 42.9 Å². The van der Waals surface area contributed by atoms with Crippen LogP contribution in [0.3, 0.4) is 0 Å². The van der Waals surface area contributed by atoms with Gasteiger partial charge in [-0.3, -0.25) is 4.90 Å². The number of methoxy groups -OCH3 is 1. The highest BCUT2D eigenvalue weighted by Crippen LogP contribution is 2.24. The minimum Gasteiger partial charge on any atom is -0.497 e. The smallest absolute Gasteiger partial charge is 0.243 e. The summed E-state index contributed by atoms with van der Waals surface area (Å²) >= 11 is 0. The molecule has 0 amide bonds. The minimum atomic E-state index is -3.71. The summed E-state index contributed by atoms with van der Waals surface area (Å²) in [6.45, 7) is 5.97. The lowest BCUT2D eigenvalue weighted by Gasteiger charge is -2.30. The fourth-order valence-corrected chi connectivity index (χ4v) is 4.38. The molecule has 0 spiro atoms. The Morgan fingerprint density at radius 2 is 1.83 bits per heavy atom. The summed E-state index contributed by atoms with van der Waals surface area (Å²) in [5.41, 5.74) is 1.80. The average Bonchev–Trinajstić information content (AvgIpc) is 3.29. The lowest BCUT2D eigenvalue weighted by Crippen LogP contribution is -2.38. The third-order valence-corrected chi connectivity index (χ3v) is 6.47. The van der Waals surface area contributed by atoms with E-state index in [9.17, 15) is 8.42 Å². The van der Waals surface area contributed by atoms with Gasteiger partial charge in [-0.1, -0.05) is 44.2 Å². The molecule has 0 aliphatic carbocycles. The van der Waals surface area contributed by atoms with Crippen LogP contribution >= 0.6 is 0 Å². The van der Waals surface area contributed by atoms with Crippen molar-refractivity contribution in [2.45, 2.75) is 24.8 Å². The van der Waals surface area contributed by atoms with E-state index in [0.717, 1.165) is 30.1 Å². The first-order valence-electron chi connectivity index (χ1n) is 9.96. The number of likely N-dealkylation sites (N-methyl/N-ethyl adjacent to an activating group) is 1. The maximum atomic E-state index is 12.9. The molecule has 0 fully saturated rings. The summed E-state index contributed by atoms with van der Waals surface area (Å²) in [5.74, 6) is 0.747. The molecule has 1 N–H and O–H groups in total. The van der Waals surface area contributed by atoms with Gasteiger partial charge in [-0.25, -0.2) is 17.8 Å². The fourth-order valence-electron chi connectivity index (χ4n) is 3.41.